The molecule has 0 unspecified atom stereocenters. The average molecular weight is 259 g/mol. The third-order valence-electron chi connectivity index (χ3n) is 2.93. The van der Waals surface area contributed by atoms with Crippen molar-refractivity contribution in [3.63, 3.8) is 0 Å². The lowest BCUT2D eigenvalue weighted by molar-refractivity contribution is 0.823. The maximum absolute atomic E-state index is 6.02. The third-order valence-corrected chi connectivity index (χ3v) is 3.51. The molecule has 0 bridgehead atoms. The monoisotopic (exact) mass is 258 g/mol. The number of rotatable bonds is 4. The first-order valence-corrected chi connectivity index (χ1v) is 6.85. The Balaban J connectivity index is 3.34. The zero-order chi connectivity index (χ0) is 12.3. The molecule has 0 aliphatic carbocycles. The van der Waals surface area contributed by atoms with Crippen LogP contribution in [0.15, 0.2) is 12.1 Å². The normalized spacial score (nSPS) is 11.5. The van der Waals surface area contributed by atoms with Crippen molar-refractivity contribution in [3.05, 3.63) is 34.4 Å². The molecule has 2 heteroatoms. The Kier molecular flexibility index (Phi) is 5.14. The van der Waals surface area contributed by atoms with Gasteiger partial charge in [-0.25, -0.2) is 0 Å². The SMILES string of the molecule is CC(C)c1cc(CCl)c(C(C)C)cc1CCl. The first kappa shape index (κ1) is 13.9. The van der Waals surface area contributed by atoms with E-state index in [2.05, 4.69) is 39.8 Å². The smallest absolute Gasteiger partial charge is 0.0477 e. The molecule has 0 spiro atoms. The van der Waals surface area contributed by atoms with Crippen molar-refractivity contribution in [1.29, 1.82) is 0 Å². The van der Waals surface area contributed by atoms with Crippen molar-refractivity contribution in [2.75, 3.05) is 0 Å². The van der Waals surface area contributed by atoms with Crippen molar-refractivity contribution >= 4 is 23.2 Å². The van der Waals surface area contributed by atoms with Crippen molar-refractivity contribution in [1.82, 2.24) is 0 Å². The van der Waals surface area contributed by atoms with Crippen LogP contribution in [0.4, 0.5) is 0 Å². The lowest BCUT2D eigenvalue weighted by Gasteiger charge is -2.18. The Morgan fingerprint density at radius 3 is 1.31 bits per heavy atom. The summed E-state index contributed by atoms with van der Waals surface area (Å²) >= 11 is 12.0. The molecule has 1 aromatic carbocycles. The van der Waals surface area contributed by atoms with Crippen LogP contribution in [0.1, 0.15) is 61.8 Å². The number of hydrogen-bond donors (Lipinski definition) is 0. The minimum atomic E-state index is 0.497. The predicted molar refractivity (Wildman–Crippen MR) is 73.7 cm³/mol. The molecule has 1 aromatic rings. The van der Waals surface area contributed by atoms with Crippen LogP contribution < -0.4 is 0 Å². The second-order valence-electron chi connectivity index (χ2n) is 4.83. The van der Waals surface area contributed by atoms with Crippen LogP contribution in [0.3, 0.4) is 0 Å². The van der Waals surface area contributed by atoms with Gasteiger partial charge < -0.3 is 0 Å². The summed E-state index contributed by atoms with van der Waals surface area (Å²) in [6.07, 6.45) is 0. The quantitative estimate of drug-likeness (QED) is 0.634. The van der Waals surface area contributed by atoms with Crippen molar-refractivity contribution in [3.8, 4) is 0 Å². The molecule has 0 radical (unpaired) electrons. The Morgan fingerprint density at radius 1 is 0.812 bits per heavy atom. The van der Waals surface area contributed by atoms with E-state index in [4.69, 9.17) is 23.2 Å². The zero-order valence-electron chi connectivity index (χ0n) is 10.5. The highest BCUT2D eigenvalue weighted by atomic mass is 35.5. The summed E-state index contributed by atoms with van der Waals surface area (Å²) in [7, 11) is 0. The van der Waals surface area contributed by atoms with Gasteiger partial charge >= 0.3 is 0 Å². The fourth-order valence-electron chi connectivity index (χ4n) is 2.03. The molecule has 0 saturated heterocycles. The summed E-state index contributed by atoms with van der Waals surface area (Å²) in [6.45, 7) is 8.77. The predicted octanol–water partition coefficient (Wildman–Crippen LogP) is 5.41. The van der Waals surface area contributed by atoms with E-state index >= 15 is 0 Å². The number of benzene rings is 1. The number of alkyl halides is 2. The van der Waals surface area contributed by atoms with Crippen LogP contribution in [0.2, 0.25) is 0 Å². The molecular weight excluding hydrogens is 239 g/mol. The Hall–Kier alpha value is -0.200. The van der Waals surface area contributed by atoms with Gasteiger partial charge in [-0.1, -0.05) is 39.8 Å². The van der Waals surface area contributed by atoms with E-state index in [0.717, 1.165) is 0 Å². The van der Waals surface area contributed by atoms with Gasteiger partial charge in [0.15, 0.2) is 0 Å². The lowest BCUT2D eigenvalue weighted by Crippen LogP contribution is -2.02. The summed E-state index contributed by atoms with van der Waals surface area (Å²) < 4.78 is 0. The van der Waals surface area contributed by atoms with Crippen LogP contribution in [-0.2, 0) is 11.8 Å². The topological polar surface area (TPSA) is 0 Å². The molecule has 0 heterocycles. The van der Waals surface area contributed by atoms with Gasteiger partial charge in [-0.15, -0.1) is 23.2 Å². The van der Waals surface area contributed by atoms with Gasteiger partial charge in [-0.05, 0) is 34.1 Å². The van der Waals surface area contributed by atoms with E-state index in [0.29, 0.717) is 23.6 Å². The largest absolute Gasteiger partial charge is 0.122 e. The fraction of sp³-hybridized carbons (Fsp3) is 0.571. The van der Waals surface area contributed by atoms with Gasteiger partial charge in [-0.2, -0.15) is 0 Å². The van der Waals surface area contributed by atoms with Gasteiger partial charge in [-0.3, -0.25) is 0 Å². The molecule has 0 amide bonds. The number of halogens is 2. The second-order valence-corrected chi connectivity index (χ2v) is 5.36. The summed E-state index contributed by atoms with van der Waals surface area (Å²) in [5, 5.41) is 0. The molecule has 90 valence electrons. The number of hydrogen-bond acceptors (Lipinski definition) is 0. The molecule has 0 aliphatic rings. The van der Waals surface area contributed by atoms with Gasteiger partial charge in [0.05, 0.1) is 0 Å². The van der Waals surface area contributed by atoms with Gasteiger partial charge in [0.1, 0.15) is 0 Å². The highest BCUT2D eigenvalue weighted by Crippen LogP contribution is 2.29. The first-order chi connectivity index (χ1) is 7.51. The molecule has 0 fully saturated rings. The van der Waals surface area contributed by atoms with Crippen molar-refractivity contribution in [2.24, 2.45) is 0 Å². The van der Waals surface area contributed by atoms with Crippen LogP contribution in [0.25, 0.3) is 0 Å². The second kappa shape index (κ2) is 5.93. The van der Waals surface area contributed by atoms with E-state index in [1.807, 2.05) is 0 Å². The summed E-state index contributed by atoms with van der Waals surface area (Å²) in [4.78, 5) is 0. The van der Waals surface area contributed by atoms with E-state index in [9.17, 15) is 0 Å². The molecule has 16 heavy (non-hydrogen) atoms. The highest BCUT2D eigenvalue weighted by Gasteiger charge is 2.13. The van der Waals surface area contributed by atoms with Crippen molar-refractivity contribution in [2.45, 2.75) is 51.3 Å². The Labute approximate surface area is 109 Å². The van der Waals surface area contributed by atoms with Crippen LogP contribution in [0, 0.1) is 0 Å². The average Bonchev–Trinajstić information content (AvgIpc) is 2.26. The van der Waals surface area contributed by atoms with E-state index in [-0.39, 0.29) is 0 Å². The van der Waals surface area contributed by atoms with E-state index < -0.39 is 0 Å². The lowest BCUT2D eigenvalue weighted by atomic mass is 9.89. The zero-order valence-corrected chi connectivity index (χ0v) is 12.0. The first-order valence-electron chi connectivity index (χ1n) is 5.78. The molecule has 0 atom stereocenters. The van der Waals surface area contributed by atoms with Gasteiger partial charge in [0.2, 0.25) is 0 Å². The maximum atomic E-state index is 6.02. The van der Waals surface area contributed by atoms with Gasteiger partial charge in [0.25, 0.3) is 0 Å². The maximum Gasteiger partial charge on any atom is 0.0477 e. The molecule has 0 nitrogen and oxygen atoms in total. The fourth-order valence-corrected chi connectivity index (χ4v) is 2.50. The van der Waals surface area contributed by atoms with Crippen LogP contribution in [-0.4, -0.2) is 0 Å². The standard InChI is InChI=1S/C14H20Cl2/c1-9(2)13-5-12(8-16)14(10(3)4)6-11(13)7-15/h5-6,9-10H,7-8H2,1-4H3. The molecule has 0 N–H and O–H groups in total. The molecule has 0 aliphatic heterocycles. The molecule has 0 aromatic heterocycles. The van der Waals surface area contributed by atoms with E-state index in [1.165, 1.54) is 22.3 Å². The van der Waals surface area contributed by atoms with E-state index in [1.54, 1.807) is 0 Å². The van der Waals surface area contributed by atoms with Crippen LogP contribution in [0.5, 0.6) is 0 Å². The summed E-state index contributed by atoms with van der Waals surface area (Å²) in [5.41, 5.74) is 5.15. The van der Waals surface area contributed by atoms with Crippen LogP contribution >= 0.6 is 23.2 Å². The van der Waals surface area contributed by atoms with Crippen molar-refractivity contribution < 1.29 is 0 Å². The third kappa shape index (κ3) is 2.93. The molecular formula is C14H20Cl2. The highest BCUT2D eigenvalue weighted by molar-refractivity contribution is 6.17. The molecule has 1 rings (SSSR count). The van der Waals surface area contributed by atoms with Gasteiger partial charge in [0, 0.05) is 11.8 Å². The molecule has 0 saturated carbocycles. The minimum Gasteiger partial charge on any atom is -0.122 e. The summed E-state index contributed by atoms with van der Waals surface area (Å²) in [5.74, 6) is 2.15. The summed E-state index contributed by atoms with van der Waals surface area (Å²) in [6, 6.07) is 4.45. The minimum absolute atomic E-state index is 0.497. The Bertz CT molecular complexity index is 318. The Morgan fingerprint density at radius 2 is 1.12 bits per heavy atom.